The molecular weight excluding hydrogens is 350 g/mol. The monoisotopic (exact) mass is 371 g/mol. The van der Waals surface area contributed by atoms with Crippen molar-refractivity contribution in [1.29, 1.82) is 0 Å². The van der Waals surface area contributed by atoms with Gasteiger partial charge < -0.3 is 4.57 Å². The van der Waals surface area contributed by atoms with Gasteiger partial charge in [0, 0.05) is 23.7 Å². The van der Waals surface area contributed by atoms with Crippen LogP contribution in [0.2, 0.25) is 5.02 Å². The van der Waals surface area contributed by atoms with Gasteiger partial charge in [-0.05, 0) is 29.2 Å². The molecule has 0 fully saturated rings. The SMILES string of the molecule is CC(C)Cn1c(Cc2ccccc2)nnc1SCc1ccc(Cl)cc1. The Hall–Kier alpha value is -1.78. The lowest BCUT2D eigenvalue weighted by molar-refractivity contribution is 0.482. The topological polar surface area (TPSA) is 30.7 Å². The molecule has 1 heterocycles. The standard InChI is InChI=1S/C20H22ClN3S/c1-15(2)13-24-19(12-16-6-4-3-5-7-16)22-23-20(24)25-14-17-8-10-18(21)11-9-17/h3-11,15H,12-14H2,1-2H3. The van der Waals surface area contributed by atoms with E-state index in [2.05, 4.69) is 65.0 Å². The maximum atomic E-state index is 5.96. The average Bonchev–Trinajstić information content (AvgIpc) is 2.96. The minimum Gasteiger partial charge on any atom is -0.305 e. The molecule has 130 valence electrons. The van der Waals surface area contributed by atoms with Crippen LogP contribution in [0.25, 0.3) is 0 Å². The molecule has 0 aliphatic heterocycles. The normalized spacial score (nSPS) is 11.2. The van der Waals surface area contributed by atoms with Gasteiger partial charge in [0.05, 0.1) is 0 Å². The van der Waals surface area contributed by atoms with Crippen molar-refractivity contribution in [3.8, 4) is 0 Å². The highest BCUT2D eigenvalue weighted by Gasteiger charge is 2.14. The zero-order valence-corrected chi connectivity index (χ0v) is 16.1. The Balaban J connectivity index is 1.77. The van der Waals surface area contributed by atoms with Gasteiger partial charge in [0.1, 0.15) is 5.82 Å². The summed E-state index contributed by atoms with van der Waals surface area (Å²) in [4.78, 5) is 0. The molecule has 0 aliphatic carbocycles. The Labute approximate surface area is 158 Å². The van der Waals surface area contributed by atoms with Crippen LogP contribution < -0.4 is 0 Å². The van der Waals surface area contributed by atoms with Crippen molar-refractivity contribution < 1.29 is 0 Å². The summed E-state index contributed by atoms with van der Waals surface area (Å²) in [6.45, 7) is 5.37. The van der Waals surface area contributed by atoms with Crippen molar-refractivity contribution in [3.05, 3.63) is 76.6 Å². The smallest absolute Gasteiger partial charge is 0.191 e. The quantitative estimate of drug-likeness (QED) is 0.516. The van der Waals surface area contributed by atoms with Gasteiger partial charge in [-0.15, -0.1) is 10.2 Å². The highest BCUT2D eigenvalue weighted by molar-refractivity contribution is 7.98. The van der Waals surface area contributed by atoms with Crippen LogP contribution in [-0.4, -0.2) is 14.8 Å². The molecule has 0 N–H and O–H groups in total. The van der Waals surface area contributed by atoms with Crippen molar-refractivity contribution >= 4 is 23.4 Å². The molecule has 3 nitrogen and oxygen atoms in total. The fourth-order valence-corrected chi connectivity index (χ4v) is 3.66. The minimum absolute atomic E-state index is 0.542. The van der Waals surface area contributed by atoms with Gasteiger partial charge in [0.2, 0.25) is 0 Å². The number of rotatable bonds is 7. The third kappa shape index (κ3) is 5.10. The summed E-state index contributed by atoms with van der Waals surface area (Å²) >= 11 is 7.68. The summed E-state index contributed by atoms with van der Waals surface area (Å²) < 4.78 is 2.26. The molecule has 0 saturated heterocycles. The van der Waals surface area contributed by atoms with Crippen molar-refractivity contribution in [2.75, 3.05) is 0 Å². The number of aromatic nitrogens is 3. The van der Waals surface area contributed by atoms with E-state index >= 15 is 0 Å². The van der Waals surface area contributed by atoms with E-state index in [0.29, 0.717) is 5.92 Å². The summed E-state index contributed by atoms with van der Waals surface area (Å²) in [5.41, 5.74) is 2.49. The van der Waals surface area contributed by atoms with E-state index in [1.165, 1.54) is 11.1 Å². The summed E-state index contributed by atoms with van der Waals surface area (Å²) in [5, 5.41) is 10.7. The summed E-state index contributed by atoms with van der Waals surface area (Å²) in [7, 11) is 0. The Morgan fingerprint density at radius 1 is 0.960 bits per heavy atom. The largest absolute Gasteiger partial charge is 0.305 e. The molecule has 0 spiro atoms. The molecular formula is C20H22ClN3S. The maximum absolute atomic E-state index is 5.96. The fraction of sp³-hybridized carbons (Fsp3) is 0.300. The fourth-order valence-electron chi connectivity index (χ4n) is 2.61. The van der Waals surface area contributed by atoms with Crippen molar-refractivity contribution in [2.24, 2.45) is 5.92 Å². The van der Waals surface area contributed by atoms with E-state index in [4.69, 9.17) is 11.6 Å². The van der Waals surface area contributed by atoms with Gasteiger partial charge in [0.15, 0.2) is 5.16 Å². The average molecular weight is 372 g/mol. The Morgan fingerprint density at radius 2 is 1.68 bits per heavy atom. The Bertz CT molecular complexity index is 798. The second kappa shape index (κ2) is 8.54. The summed E-state index contributed by atoms with van der Waals surface area (Å²) in [5.74, 6) is 2.43. The van der Waals surface area contributed by atoms with Gasteiger partial charge in [0.25, 0.3) is 0 Å². The molecule has 1 aromatic heterocycles. The van der Waals surface area contributed by atoms with E-state index in [0.717, 1.165) is 34.7 Å². The first-order chi connectivity index (χ1) is 12.1. The third-order valence-electron chi connectivity index (χ3n) is 3.83. The molecule has 0 atom stereocenters. The first kappa shape index (κ1) is 18.0. The first-order valence-corrected chi connectivity index (χ1v) is 9.81. The van der Waals surface area contributed by atoms with Crippen LogP contribution in [0, 0.1) is 5.92 Å². The summed E-state index contributed by atoms with van der Waals surface area (Å²) in [6, 6.07) is 18.4. The van der Waals surface area contributed by atoms with E-state index in [9.17, 15) is 0 Å². The second-order valence-electron chi connectivity index (χ2n) is 6.48. The zero-order chi connectivity index (χ0) is 17.6. The number of nitrogens with zero attached hydrogens (tertiary/aromatic N) is 3. The lowest BCUT2D eigenvalue weighted by Crippen LogP contribution is -2.10. The number of hydrogen-bond acceptors (Lipinski definition) is 3. The molecule has 2 aromatic carbocycles. The molecule has 0 amide bonds. The molecule has 5 heteroatoms. The van der Waals surface area contributed by atoms with Gasteiger partial charge in [-0.3, -0.25) is 0 Å². The van der Waals surface area contributed by atoms with Crippen LogP contribution >= 0.6 is 23.4 Å². The van der Waals surface area contributed by atoms with Crippen LogP contribution in [0.15, 0.2) is 59.8 Å². The van der Waals surface area contributed by atoms with Crippen molar-refractivity contribution in [1.82, 2.24) is 14.8 Å². The van der Waals surface area contributed by atoms with E-state index in [-0.39, 0.29) is 0 Å². The predicted molar refractivity (Wildman–Crippen MR) is 105 cm³/mol. The molecule has 0 bridgehead atoms. The Morgan fingerprint density at radius 3 is 2.36 bits per heavy atom. The molecule has 0 aliphatic rings. The minimum atomic E-state index is 0.542. The molecule has 0 unspecified atom stereocenters. The van der Waals surface area contributed by atoms with Gasteiger partial charge in [-0.1, -0.05) is 79.7 Å². The Kier molecular flexibility index (Phi) is 6.16. The van der Waals surface area contributed by atoms with Crippen LogP contribution in [-0.2, 0) is 18.7 Å². The zero-order valence-electron chi connectivity index (χ0n) is 14.5. The second-order valence-corrected chi connectivity index (χ2v) is 7.86. The van der Waals surface area contributed by atoms with Crippen molar-refractivity contribution in [3.63, 3.8) is 0 Å². The molecule has 25 heavy (non-hydrogen) atoms. The predicted octanol–water partition coefficient (Wildman–Crippen LogP) is 5.47. The number of benzene rings is 2. The third-order valence-corrected chi connectivity index (χ3v) is 5.12. The summed E-state index contributed by atoms with van der Waals surface area (Å²) in [6.07, 6.45) is 0.808. The molecule has 3 aromatic rings. The lowest BCUT2D eigenvalue weighted by atomic mass is 10.1. The van der Waals surface area contributed by atoms with Gasteiger partial charge in [-0.25, -0.2) is 0 Å². The highest BCUT2D eigenvalue weighted by atomic mass is 35.5. The van der Waals surface area contributed by atoms with E-state index in [1.807, 2.05) is 18.2 Å². The van der Waals surface area contributed by atoms with Crippen LogP contribution in [0.1, 0.15) is 30.8 Å². The number of halogens is 1. The highest BCUT2D eigenvalue weighted by Crippen LogP contribution is 2.24. The van der Waals surface area contributed by atoms with Gasteiger partial charge in [-0.2, -0.15) is 0 Å². The van der Waals surface area contributed by atoms with E-state index < -0.39 is 0 Å². The maximum Gasteiger partial charge on any atom is 0.191 e. The van der Waals surface area contributed by atoms with Crippen LogP contribution in [0.3, 0.4) is 0 Å². The van der Waals surface area contributed by atoms with E-state index in [1.54, 1.807) is 11.8 Å². The first-order valence-electron chi connectivity index (χ1n) is 8.45. The molecule has 3 rings (SSSR count). The van der Waals surface area contributed by atoms with Crippen molar-refractivity contribution in [2.45, 2.75) is 37.7 Å². The van der Waals surface area contributed by atoms with Gasteiger partial charge >= 0.3 is 0 Å². The molecule has 0 radical (unpaired) electrons. The van der Waals surface area contributed by atoms with Crippen LogP contribution in [0.5, 0.6) is 0 Å². The number of hydrogen-bond donors (Lipinski definition) is 0. The van der Waals surface area contributed by atoms with Crippen LogP contribution in [0.4, 0.5) is 0 Å². The lowest BCUT2D eigenvalue weighted by Gasteiger charge is -2.12. The molecule has 0 saturated carbocycles. The number of thioether (sulfide) groups is 1.